The summed E-state index contributed by atoms with van der Waals surface area (Å²) in [6.45, 7) is 3.45. The van der Waals surface area contributed by atoms with Crippen LogP contribution in [0.4, 0.5) is 17.1 Å². The van der Waals surface area contributed by atoms with E-state index >= 15 is 0 Å². The van der Waals surface area contributed by atoms with Crippen LogP contribution in [0.5, 0.6) is 0 Å². The second-order valence-corrected chi connectivity index (χ2v) is 10.5. The van der Waals surface area contributed by atoms with Gasteiger partial charge in [-0.25, -0.2) is 16.8 Å². The molecule has 0 saturated heterocycles. The van der Waals surface area contributed by atoms with Crippen molar-refractivity contribution >= 4 is 36.7 Å². The molecule has 0 unspecified atom stereocenters. The molecule has 3 rings (SSSR count). The minimum atomic E-state index is -4.15. The van der Waals surface area contributed by atoms with E-state index in [4.69, 9.17) is 17.2 Å². The zero-order valence-corrected chi connectivity index (χ0v) is 17.5. The SMILES string of the molecule is Cc1ccc(N)c(S(=O)(=O)c2cccc(S(=O)(=O)c3cc(C)ccc3N)c2N)c1. The molecular weight excluding hydrogens is 410 g/mol. The highest BCUT2D eigenvalue weighted by Crippen LogP contribution is 2.36. The fraction of sp³-hybridized carbons (Fsp3) is 0.100. The molecule has 0 spiro atoms. The number of aryl methyl sites for hydroxylation is 2. The average molecular weight is 432 g/mol. The van der Waals surface area contributed by atoms with Gasteiger partial charge in [-0.15, -0.1) is 0 Å². The summed E-state index contributed by atoms with van der Waals surface area (Å²) in [5, 5.41) is 0. The van der Waals surface area contributed by atoms with Crippen molar-refractivity contribution in [2.24, 2.45) is 0 Å². The van der Waals surface area contributed by atoms with Crippen LogP contribution < -0.4 is 17.2 Å². The van der Waals surface area contributed by atoms with E-state index < -0.39 is 19.7 Å². The van der Waals surface area contributed by atoms with Gasteiger partial charge in [0.05, 0.1) is 36.6 Å². The summed E-state index contributed by atoms with van der Waals surface area (Å²) in [7, 11) is -8.30. The third-order valence-electron chi connectivity index (χ3n) is 4.52. The summed E-state index contributed by atoms with van der Waals surface area (Å²) in [6.07, 6.45) is 0. The zero-order chi connectivity index (χ0) is 21.6. The van der Waals surface area contributed by atoms with Crippen LogP contribution in [0.3, 0.4) is 0 Å². The maximum absolute atomic E-state index is 13.2. The summed E-state index contributed by atoms with van der Waals surface area (Å²) in [4.78, 5) is -0.924. The van der Waals surface area contributed by atoms with E-state index in [-0.39, 0.29) is 36.6 Å². The van der Waals surface area contributed by atoms with Crippen molar-refractivity contribution in [2.75, 3.05) is 17.2 Å². The Morgan fingerprint density at radius 1 is 0.586 bits per heavy atom. The minimum absolute atomic E-state index is 0.0474. The van der Waals surface area contributed by atoms with Crippen LogP contribution in [0.15, 0.2) is 74.2 Å². The normalized spacial score (nSPS) is 12.1. The molecule has 0 aliphatic heterocycles. The fourth-order valence-corrected chi connectivity index (χ4v) is 6.27. The molecule has 6 N–H and O–H groups in total. The van der Waals surface area contributed by atoms with E-state index in [1.165, 1.54) is 42.5 Å². The molecular formula is C20H21N3O4S2. The number of nitrogens with two attached hydrogens (primary N) is 3. The zero-order valence-electron chi connectivity index (χ0n) is 15.9. The molecule has 152 valence electrons. The van der Waals surface area contributed by atoms with Gasteiger partial charge in [-0.1, -0.05) is 18.2 Å². The van der Waals surface area contributed by atoms with E-state index in [9.17, 15) is 16.8 Å². The Balaban J connectivity index is 2.26. The molecule has 0 atom stereocenters. The first kappa shape index (κ1) is 20.7. The van der Waals surface area contributed by atoms with Crippen molar-refractivity contribution in [1.82, 2.24) is 0 Å². The third-order valence-corrected chi connectivity index (χ3v) is 8.26. The van der Waals surface area contributed by atoms with Gasteiger partial charge in [-0.05, 0) is 61.4 Å². The molecule has 0 amide bonds. The van der Waals surface area contributed by atoms with Crippen LogP contribution in [0, 0.1) is 13.8 Å². The van der Waals surface area contributed by atoms with Crippen LogP contribution in [0.25, 0.3) is 0 Å². The van der Waals surface area contributed by atoms with Gasteiger partial charge in [0.1, 0.15) is 0 Å². The molecule has 29 heavy (non-hydrogen) atoms. The molecule has 3 aromatic rings. The fourth-order valence-electron chi connectivity index (χ4n) is 2.98. The van der Waals surface area contributed by atoms with Crippen molar-refractivity contribution in [2.45, 2.75) is 33.4 Å². The molecule has 0 bridgehead atoms. The minimum Gasteiger partial charge on any atom is -0.398 e. The van der Waals surface area contributed by atoms with Gasteiger partial charge in [-0.3, -0.25) is 0 Å². The van der Waals surface area contributed by atoms with Gasteiger partial charge < -0.3 is 17.2 Å². The van der Waals surface area contributed by atoms with Gasteiger partial charge in [0.2, 0.25) is 19.7 Å². The Hall–Kier alpha value is -3.04. The molecule has 0 aliphatic rings. The molecule has 7 nitrogen and oxygen atoms in total. The van der Waals surface area contributed by atoms with Crippen molar-refractivity contribution in [3.63, 3.8) is 0 Å². The number of benzene rings is 3. The van der Waals surface area contributed by atoms with E-state index in [1.807, 2.05) is 0 Å². The summed E-state index contributed by atoms with van der Waals surface area (Å²) in [5.41, 5.74) is 18.9. The van der Waals surface area contributed by atoms with Crippen LogP contribution >= 0.6 is 0 Å². The quantitative estimate of drug-likeness (QED) is 0.538. The number of sulfone groups is 2. The lowest BCUT2D eigenvalue weighted by atomic mass is 10.2. The van der Waals surface area contributed by atoms with E-state index in [2.05, 4.69) is 0 Å². The highest BCUT2D eigenvalue weighted by molar-refractivity contribution is 7.92. The number of hydrogen-bond donors (Lipinski definition) is 3. The Bertz CT molecular complexity index is 1230. The summed E-state index contributed by atoms with van der Waals surface area (Å²) >= 11 is 0. The van der Waals surface area contributed by atoms with E-state index in [0.717, 1.165) is 0 Å². The largest absolute Gasteiger partial charge is 0.398 e. The maximum Gasteiger partial charge on any atom is 0.210 e. The molecule has 9 heteroatoms. The van der Waals surface area contributed by atoms with Crippen LogP contribution in [-0.4, -0.2) is 16.8 Å². The average Bonchev–Trinajstić information content (AvgIpc) is 2.65. The first-order chi connectivity index (χ1) is 13.5. The predicted octanol–water partition coefficient (Wildman–Crippen LogP) is 2.72. The third kappa shape index (κ3) is 3.54. The highest BCUT2D eigenvalue weighted by Gasteiger charge is 2.29. The first-order valence-corrected chi connectivity index (χ1v) is 11.5. The van der Waals surface area contributed by atoms with E-state index in [0.29, 0.717) is 11.1 Å². The lowest BCUT2D eigenvalue weighted by Gasteiger charge is -2.15. The van der Waals surface area contributed by atoms with Crippen molar-refractivity contribution in [3.8, 4) is 0 Å². The Kier molecular flexibility index (Phi) is 5.06. The van der Waals surface area contributed by atoms with Crippen molar-refractivity contribution in [3.05, 3.63) is 65.7 Å². The summed E-state index contributed by atoms with van der Waals surface area (Å²) < 4.78 is 52.7. The second-order valence-electron chi connectivity index (χ2n) is 6.76. The summed E-state index contributed by atoms with van der Waals surface area (Å²) in [6, 6.07) is 13.0. The second kappa shape index (κ2) is 7.09. The predicted molar refractivity (Wildman–Crippen MR) is 113 cm³/mol. The van der Waals surface area contributed by atoms with Gasteiger partial charge in [0.15, 0.2) is 0 Å². The molecule has 0 heterocycles. The first-order valence-electron chi connectivity index (χ1n) is 8.57. The molecule has 0 fully saturated rings. The monoisotopic (exact) mass is 431 g/mol. The van der Waals surface area contributed by atoms with Crippen LogP contribution in [-0.2, 0) is 19.7 Å². The Morgan fingerprint density at radius 3 is 1.34 bits per heavy atom. The molecule has 0 radical (unpaired) electrons. The molecule has 0 aromatic heterocycles. The number of rotatable bonds is 4. The molecule has 0 saturated carbocycles. The smallest absolute Gasteiger partial charge is 0.210 e. The molecule has 0 aliphatic carbocycles. The summed E-state index contributed by atoms with van der Waals surface area (Å²) in [5.74, 6) is 0. The maximum atomic E-state index is 13.2. The standard InChI is InChI=1S/C20H21N3O4S2/c1-12-6-8-14(21)18(10-12)28(24,25)16-4-3-5-17(20(16)23)29(26,27)19-11-13(2)7-9-15(19)22/h3-11H,21-23H2,1-2H3. The Labute approximate surface area is 170 Å². The van der Waals surface area contributed by atoms with Gasteiger partial charge in [0, 0.05) is 0 Å². The molecule has 3 aromatic carbocycles. The van der Waals surface area contributed by atoms with Gasteiger partial charge in [-0.2, -0.15) is 0 Å². The number of para-hydroxylation sites is 1. The van der Waals surface area contributed by atoms with Gasteiger partial charge >= 0.3 is 0 Å². The van der Waals surface area contributed by atoms with Crippen molar-refractivity contribution in [1.29, 1.82) is 0 Å². The van der Waals surface area contributed by atoms with Crippen molar-refractivity contribution < 1.29 is 16.8 Å². The number of nitrogen functional groups attached to an aromatic ring is 3. The highest BCUT2D eigenvalue weighted by atomic mass is 32.2. The number of anilines is 3. The van der Waals surface area contributed by atoms with Crippen LogP contribution in [0.1, 0.15) is 11.1 Å². The lowest BCUT2D eigenvalue weighted by molar-refractivity contribution is 0.595. The topological polar surface area (TPSA) is 146 Å². The Morgan fingerprint density at radius 2 is 0.966 bits per heavy atom. The van der Waals surface area contributed by atoms with E-state index in [1.54, 1.807) is 26.0 Å². The van der Waals surface area contributed by atoms with Crippen LogP contribution in [0.2, 0.25) is 0 Å². The number of hydrogen-bond acceptors (Lipinski definition) is 7. The van der Waals surface area contributed by atoms with Gasteiger partial charge in [0.25, 0.3) is 0 Å². The lowest BCUT2D eigenvalue weighted by Crippen LogP contribution is -2.13.